The van der Waals surface area contributed by atoms with Gasteiger partial charge in [0.2, 0.25) is 10.0 Å². The first-order chi connectivity index (χ1) is 12.8. The monoisotopic (exact) mass is 399 g/mol. The summed E-state index contributed by atoms with van der Waals surface area (Å²) in [5.74, 6) is 0.0892. The van der Waals surface area contributed by atoms with Crippen molar-refractivity contribution in [2.45, 2.75) is 17.9 Å². The quantitative estimate of drug-likeness (QED) is 0.672. The van der Waals surface area contributed by atoms with Crippen LogP contribution >= 0.6 is 0 Å². The molecule has 9 heteroatoms. The Labute approximate surface area is 157 Å². The van der Waals surface area contributed by atoms with Crippen molar-refractivity contribution in [2.24, 2.45) is 0 Å². The fraction of sp³-hybridized carbons (Fsp3) is 0.333. The number of halogens is 1. The summed E-state index contributed by atoms with van der Waals surface area (Å²) in [5.41, 5.74) is 0.438. The lowest BCUT2D eigenvalue weighted by Crippen LogP contribution is -2.28. The molecule has 1 unspecified atom stereocenters. The number of benzene rings is 2. The first-order valence-corrected chi connectivity index (χ1v) is 9.62. The Morgan fingerprint density at radius 1 is 1.07 bits per heavy atom. The molecule has 0 aliphatic heterocycles. The molecule has 7 nitrogen and oxygen atoms in total. The van der Waals surface area contributed by atoms with E-state index in [1.807, 2.05) is 0 Å². The van der Waals surface area contributed by atoms with Crippen LogP contribution in [-0.2, 0) is 10.0 Å². The van der Waals surface area contributed by atoms with Gasteiger partial charge >= 0.3 is 0 Å². The van der Waals surface area contributed by atoms with Gasteiger partial charge in [-0.2, -0.15) is 0 Å². The zero-order valence-electron chi connectivity index (χ0n) is 15.2. The predicted octanol–water partition coefficient (Wildman–Crippen LogP) is 2.25. The summed E-state index contributed by atoms with van der Waals surface area (Å²) in [6.45, 7) is 1.66. The summed E-state index contributed by atoms with van der Waals surface area (Å²) in [4.78, 5) is -0.261. The Bertz CT molecular complexity index is 887. The molecule has 0 radical (unpaired) electrons. The third kappa shape index (κ3) is 5.09. The first kappa shape index (κ1) is 20.9. The molecule has 0 saturated carbocycles. The van der Waals surface area contributed by atoms with Gasteiger partial charge in [-0.1, -0.05) is 6.07 Å². The molecule has 0 heterocycles. The highest BCUT2D eigenvalue weighted by molar-refractivity contribution is 7.89. The van der Waals surface area contributed by atoms with Crippen molar-refractivity contribution in [3.8, 4) is 17.2 Å². The summed E-state index contributed by atoms with van der Waals surface area (Å²) < 4.78 is 56.2. The van der Waals surface area contributed by atoms with E-state index in [2.05, 4.69) is 4.72 Å². The Morgan fingerprint density at radius 2 is 1.74 bits per heavy atom. The minimum absolute atomic E-state index is 0.0261. The summed E-state index contributed by atoms with van der Waals surface area (Å²) in [5, 5.41) is 10.3. The number of hydrogen-bond donors (Lipinski definition) is 2. The molecule has 0 aliphatic carbocycles. The zero-order valence-corrected chi connectivity index (χ0v) is 16.0. The van der Waals surface area contributed by atoms with E-state index in [1.165, 1.54) is 26.4 Å². The highest BCUT2D eigenvalue weighted by Crippen LogP contribution is 2.30. The van der Waals surface area contributed by atoms with Crippen molar-refractivity contribution in [2.75, 3.05) is 27.4 Å². The molecule has 0 spiro atoms. The van der Waals surface area contributed by atoms with Gasteiger partial charge in [0.25, 0.3) is 0 Å². The Hall–Kier alpha value is -2.36. The fourth-order valence-electron chi connectivity index (χ4n) is 2.37. The maximum absolute atomic E-state index is 13.9. The van der Waals surface area contributed by atoms with Gasteiger partial charge in [-0.15, -0.1) is 0 Å². The van der Waals surface area contributed by atoms with E-state index in [4.69, 9.17) is 14.2 Å². The molecule has 27 heavy (non-hydrogen) atoms. The number of methoxy groups -OCH3 is 2. The largest absolute Gasteiger partial charge is 0.493 e. The Balaban J connectivity index is 2.11. The van der Waals surface area contributed by atoms with Crippen molar-refractivity contribution >= 4 is 10.0 Å². The van der Waals surface area contributed by atoms with Crippen molar-refractivity contribution in [3.63, 3.8) is 0 Å². The minimum atomic E-state index is -4.01. The molecule has 1 atom stereocenters. The van der Waals surface area contributed by atoms with Crippen LogP contribution in [0.5, 0.6) is 17.2 Å². The van der Waals surface area contributed by atoms with E-state index in [9.17, 15) is 17.9 Å². The molecule has 0 aliphatic rings. The molecule has 2 aromatic rings. The number of sulfonamides is 1. The molecule has 0 amide bonds. The second kappa shape index (κ2) is 9.03. The molecule has 2 aromatic carbocycles. The van der Waals surface area contributed by atoms with Gasteiger partial charge < -0.3 is 19.3 Å². The van der Waals surface area contributed by atoms with Crippen LogP contribution < -0.4 is 18.9 Å². The van der Waals surface area contributed by atoms with E-state index < -0.39 is 21.9 Å². The van der Waals surface area contributed by atoms with Crippen molar-refractivity contribution in [3.05, 3.63) is 47.8 Å². The number of hydrogen-bond acceptors (Lipinski definition) is 6. The highest BCUT2D eigenvalue weighted by Gasteiger charge is 2.19. The average molecular weight is 399 g/mol. The van der Waals surface area contributed by atoms with Crippen LogP contribution in [0.2, 0.25) is 0 Å². The second-order valence-electron chi connectivity index (χ2n) is 5.51. The minimum Gasteiger partial charge on any atom is -0.493 e. The molecule has 0 saturated heterocycles. The molecule has 2 N–H and O–H groups in total. The lowest BCUT2D eigenvalue weighted by Gasteiger charge is -2.15. The molecule has 0 bridgehead atoms. The first-order valence-electron chi connectivity index (χ1n) is 8.14. The number of nitrogens with one attached hydrogen (secondary N) is 1. The third-order valence-electron chi connectivity index (χ3n) is 3.77. The predicted molar refractivity (Wildman–Crippen MR) is 97.3 cm³/mol. The van der Waals surface area contributed by atoms with Gasteiger partial charge in [-0.3, -0.25) is 0 Å². The fourth-order valence-corrected chi connectivity index (χ4v) is 3.42. The molecule has 148 valence electrons. The molecular weight excluding hydrogens is 377 g/mol. The standard InChI is InChI=1S/C18H22FNO6S/c1-4-26-16-8-6-13(10-14(16)19)27(22,23)20-11-15(21)12-5-7-17(24-2)18(9-12)25-3/h5-10,15,20-21H,4,11H2,1-3H3. The van der Waals surface area contributed by atoms with Crippen molar-refractivity contribution < 1.29 is 32.1 Å². The lowest BCUT2D eigenvalue weighted by molar-refractivity contribution is 0.181. The highest BCUT2D eigenvalue weighted by atomic mass is 32.2. The summed E-state index contributed by atoms with van der Waals surface area (Å²) in [7, 11) is -1.07. The zero-order chi connectivity index (χ0) is 20.0. The summed E-state index contributed by atoms with van der Waals surface area (Å²) in [6.07, 6.45) is -1.13. The molecule has 0 fully saturated rings. The van der Waals surface area contributed by atoms with Crippen LogP contribution in [0.15, 0.2) is 41.3 Å². The van der Waals surface area contributed by atoms with E-state index in [0.29, 0.717) is 17.1 Å². The van der Waals surface area contributed by atoms with E-state index in [1.54, 1.807) is 25.1 Å². The summed E-state index contributed by atoms with van der Waals surface area (Å²) >= 11 is 0. The van der Waals surface area contributed by atoms with Gasteiger partial charge in [0.1, 0.15) is 0 Å². The third-order valence-corrected chi connectivity index (χ3v) is 5.19. The second-order valence-corrected chi connectivity index (χ2v) is 7.27. The van der Waals surface area contributed by atoms with Crippen molar-refractivity contribution in [1.82, 2.24) is 4.72 Å². The number of aliphatic hydroxyl groups excluding tert-OH is 1. The van der Waals surface area contributed by atoms with Crippen LogP contribution in [0.1, 0.15) is 18.6 Å². The van der Waals surface area contributed by atoms with Crippen LogP contribution in [0.4, 0.5) is 4.39 Å². The number of ether oxygens (including phenoxy) is 3. The van der Waals surface area contributed by atoms with E-state index in [0.717, 1.165) is 6.07 Å². The topological polar surface area (TPSA) is 94.1 Å². The maximum atomic E-state index is 13.9. The number of rotatable bonds is 9. The normalized spacial score (nSPS) is 12.5. The van der Waals surface area contributed by atoms with E-state index in [-0.39, 0.29) is 23.8 Å². The number of aliphatic hydroxyl groups is 1. The Morgan fingerprint density at radius 3 is 2.33 bits per heavy atom. The lowest BCUT2D eigenvalue weighted by atomic mass is 10.1. The van der Waals surface area contributed by atoms with Crippen LogP contribution in [0, 0.1) is 5.82 Å². The molecule has 2 rings (SSSR count). The Kier molecular flexibility index (Phi) is 7.00. The smallest absolute Gasteiger partial charge is 0.240 e. The SMILES string of the molecule is CCOc1ccc(S(=O)(=O)NCC(O)c2ccc(OC)c(OC)c2)cc1F. The van der Waals surface area contributed by atoms with Gasteiger partial charge in [-0.05, 0) is 42.8 Å². The van der Waals surface area contributed by atoms with Crippen LogP contribution in [-0.4, -0.2) is 40.9 Å². The van der Waals surface area contributed by atoms with E-state index >= 15 is 0 Å². The maximum Gasteiger partial charge on any atom is 0.240 e. The van der Waals surface area contributed by atoms with Crippen molar-refractivity contribution in [1.29, 1.82) is 0 Å². The molecular formula is C18H22FNO6S. The van der Waals surface area contributed by atoms with Crippen LogP contribution in [0.25, 0.3) is 0 Å². The summed E-state index contributed by atoms with van der Waals surface area (Å²) in [6, 6.07) is 8.10. The average Bonchev–Trinajstić information content (AvgIpc) is 2.67. The van der Waals surface area contributed by atoms with Gasteiger partial charge in [-0.25, -0.2) is 17.5 Å². The van der Waals surface area contributed by atoms with Crippen LogP contribution in [0.3, 0.4) is 0 Å². The van der Waals surface area contributed by atoms with Gasteiger partial charge in [0, 0.05) is 6.54 Å². The van der Waals surface area contributed by atoms with Gasteiger partial charge in [0.05, 0.1) is 31.8 Å². The van der Waals surface area contributed by atoms with Gasteiger partial charge in [0.15, 0.2) is 23.1 Å². The molecule has 0 aromatic heterocycles.